The van der Waals surface area contributed by atoms with Crippen molar-refractivity contribution >= 4 is 22.7 Å². The minimum atomic E-state index is -0.518. The highest BCUT2D eigenvalue weighted by Gasteiger charge is 2.14. The van der Waals surface area contributed by atoms with Crippen LogP contribution >= 0.6 is 11.3 Å². The first-order valence-corrected chi connectivity index (χ1v) is 5.83. The topological polar surface area (TPSA) is 75.4 Å². The Balaban J connectivity index is 2.17. The number of hydrogen-bond acceptors (Lipinski definition) is 5. The Bertz CT molecular complexity index is 526. The first kappa shape index (κ1) is 11.4. The number of benzene rings is 1. The van der Waals surface area contributed by atoms with Gasteiger partial charge in [-0.25, -0.2) is 0 Å². The molecule has 17 heavy (non-hydrogen) atoms. The van der Waals surface area contributed by atoms with Gasteiger partial charge in [0.1, 0.15) is 11.4 Å². The zero-order chi connectivity index (χ0) is 12.3. The molecule has 6 heteroatoms. The molecule has 1 heterocycles. The smallest absolute Gasteiger partial charge is 0.296 e. The molecule has 0 atom stereocenters. The van der Waals surface area contributed by atoms with Gasteiger partial charge in [0.25, 0.3) is 5.69 Å². The van der Waals surface area contributed by atoms with E-state index in [1.54, 1.807) is 11.3 Å². The fraction of sp³-hybridized carbons (Fsp3) is 0.0909. The van der Waals surface area contributed by atoms with Crippen LogP contribution in [-0.4, -0.2) is 10.0 Å². The number of thiophene rings is 1. The zero-order valence-corrected chi connectivity index (χ0v) is 9.61. The number of phenolic OH excluding ortho intramolecular Hbond substituents is 1. The molecule has 0 fully saturated rings. The molecule has 0 spiro atoms. The maximum Gasteiger partial charge on any atom is 0.296 e. The molecule has 0 aliphatic heterocycles. The number of hydrogen-bond donors (Lipinski definition) is 2. The van der Waals surface area contributed by atoms with Gasteiger partial charge in [-0.15, -0.1) is 0 Å². The van der Waals surface area contributed by atoms with Gasteiger partial charge in [0.15, 0.2) is 0 Å². The molecule has 2 N–H and O–H groups in total. The molecule has 5 nitrogen and oxygen atoms in total. The molecular formula is C11H10N2O3S. The fourth-order valence-electron chi connectivity index (χ4n) is 1.41. The van der Waals surface area contributed by atoms with Crippen molar-refractivity contribution in [3.8, 4) is 5.75 Å². The number of aromatic hydroxyl groups is 1. The summed E-state index contributed by atoms with van der Waals surface area (Å²) in [5.41, 5.74) is 1.34. The average Bonchev–Trinajstić information content (AvgIpc) is 2.80. The van der Waals surface area contributed by atoms with Crippen molar-refractivity contribution in [3.05, 3.63) is 50.7 Å². The van der Waals surface area contributed by atoms with E-state index in [4.69, 9.17) is 0 Å². The van der Waals surface area contributed by atoms with E-state index in [1.165, 1.54) is 12.1 Å². The summed E-state index contributed by atoms with van der Waals surface area (Å²) in [5, 5.41) is 26.9. The Morgan fingerprint density at radius 3 is 2.88 bits per heavy atom. The molecule has 2 rings (SSSR count). The van der Waals surface area contributed by atoms with Crippen molar-refractivity contribution < 1.29 is 10.0 Å². The highest BCUT2D eigenvalue weighted by molar-refractivity contribution is 7.07. The van der Waals surface area contributed by atoms with Gasteiger partial charge in [0, 0.05) is 6.54 Å². The SMILES string of the molecule is O=[N+]([O-])c1cc(O)ccc1NCc1ccsc1. The number of phenols is 1. The number of nitrogens with one attached hydrogen (secondary N) is 1. The lowest BCUT2D eigenvalue weighted by Gasteiger charge is -2.06. The van der Waals surface area contributed by atoms with Gasteiger partial charge in [-0.05, 0) is 34.5 Å². The maximum absolute atomic E-state index is 10.8. The van der Waals surface area contributed by atoms with E-state index in [2.05, 4.69) is 5.32 Å². The van der Waals surface area contributed by atoms with Gasteiger partial charge in [-0.3, -0.25) is 10.1 Å². The standard InChI is InChI=1S/C11H10N2O3S/c14-9-1-2-10(11(5-9)13(15)16)12-6-8-3-4-17-7-8/h1-5,7,12,14H,6H2. The van der Waals surface area contributed by atoms with Crippen LogP contribution in [0.4, 0.5) is 11.4 Å². The van der Waals surface area contributed by atoms with Gasteiger partial charge in [-0.1, -0.05) is 0 Å². The summed E-state index contributed by atoms with van der Waals surface area (Å²) in [5.74, 6) is -0.113. The Morgan fingerprint density at radius 1 is 1.41 bits per heavy atom. The van der Waals surface area contributed by atoms with Crippen LogP contribution in [0.15, 0.2) is 35.0 Å². The summed E-state index contributed by atoms with van der Waals surface area (Å²) >= 11 is 1.57. The first-order chi connectivity index (χ1) is 8.16. The third-order valence-corrected chi connectivity index (χ3v) is 2.97. The Hall–Kier alpha value is -2.08. The van der Waals surface area contributed by atoms with Crippen LogP contribution in [0.2, 0.25) is 0 Å². The van der Waals surface area contributed by atoms with Crippen molar-refractivity contribution in [2.45, 2.75) is 6.54 Å². The fourth-order valence-corrected chi connectivity index (χ4v) is 2.08. The number of nitro benzene ring substituents is 1. The Morgan fingerprint density at radius 2 is 2.24 bits per heavy atom. The van der Waals surface area contributed by atoms with E-state index in [0.29, 0.717) is 12.2 Å². The highest BCUT2D eigenvalue weighted by Crippen LogP contribution is 2.28. The highest BCUT2D eigenvalue weighted by atomic mass is 32.1. The van der Waals surface area contributed by atoms with E-state index >= 15 is 0 Å². The van der Waals surface area contributed by atoms with Crippen LogP contribution in [0.25, 0.3) is 0 Å². The second-order valence-electron chi connectivity index (χ2n) is 3.44. The molecule has 0 radical (unpaired) electrons. The van der Waals surface area contributed by atoms with E-state index in [9.17, 15) is 15.2 Å². The van der Waals surface area contributed by atoms with Crippen LogP contribution in [0.3, 0.4) is 0 Å². The van der Waals surface area contributed by atoms with Crippen molar-refractivity contribution in [1.82, 2.24) is 0 Å². The van der Waals surface area contributed by atoms with Gasteiger partial charge >= 0.3 is 0 Å². The lowest BCUT2D eigenvalue weighted by atomic mass is 10.2. The molecule has 0 aliphatic rings. The van der Waals surface area contributed by atoms with Crippen LogP contribution < -0.4 is 5.32 Å². The molecule has 0 saturated heterocycles. The Kier molecular flexibility index (Phi) is 3.24. The Labute approximate surface area is 101 Å². The monoisotopic (exact) mass is 250 g/mol. The first-order valence-electron chi connectivity index (χ1n) is 4.89. The van der Waals surface area contributed by atoms with Crippen molar-refractivity contribution in [3.63, 3.8) is 0 Å². The molecule has 0 unspecified atom stereocenters. The molecule has 0 aliphatic carbocycles. The molecule has 1 aromatic carbocycles. The number of nitrogens with zero attached hydrogens (tertiary/aromatic N) is 1. The number of anilines is 1. The molecule has 0 bridgehead atoms. The van der Waals surface area contributed by atoms with Crippen LogP contribution in [-0.2, 0) is 6.54 Å². The third kappa shape index (κ3) is 2.73. The average molecular weight is 250 g/mol. The van der Waals surface area contributed by atoms with Gasteiger partial charge in [0.05, 0.1) is 11.0 Å². The van der Waals surface area contributed by atoms with E-state index in [0.717, 1.165) is 11.6 Å². The summed E-state index contributed by atoms with van der Waals surface area (Å²) in [6.45, 7) is 0.523. The molecule has 1 aromatic heterocycles. The quantitative estimate of drug-likeness (QED) is 0.497. The van der Waals surface area contributed by atoms with Crippen LogP contribution in [0, 0.1) is 10.1 Å². The second-order valence-corrected chi connectivity index (χ2v) is 4.22. The summed E-state index contributed by atoms with van der Waals surface area (Å²) in [6, 6.07) is 6.00. The van der Waals surface area contributed by atoms with Crippen LogP contribution in [0.1, 0.15) is 5.56 Å². The summed E-state index contributed by atoms with van der Waals surface area (Å²) in [6.07, 6.45) is 0. The lowest BCUT2D eigenvalue weighted by molar-refractivity contribution is -0.384. The summed E-state index contributed by atoms with van der Waals surface area (Å²) < 4.78 is 0. The molecule has 0 saturated carbocycles. The summed E-state index contributed by atoms with van der Waals surface area (Å²) in [7, 11) is 0. The van der Waals surface area contributed by atoms with E-state index < -0.39 is 4.92 Å². The van der Waals surface area contributed by atoms with E-state index in [1.807, 2.05) is 16.8 Å². The molecule has 88 valence electrons. The predicted octanol–water partition coefficient (Wildman–Crippen LogP) is 2.97. The molecule has 2 aromatic rings. The minimum Gasteiger partial charge on any atom is -0.508 e. The molecular weight excluding hydrogens is 240 g/mol. The second kappa shape index (κ2) is 4.84. The predicted molar refractivity (Wildman–Crippen MR) is 66.4 cm³/mol. The number of rotatable bonds is 4. The van der Waals surface area contributed by atoms with Crippen LogP contribution in [0.5, 0.6) is 5.75 Å². The van der Waals surface area contributed by atoms with Crippen molar-refractivity contribution in [2.75, 3.05) is 5.32 Å². The summed E-state index contributed by atoms with van der Waals surface area (Å²) in [4.78, 5) is 10.3. The largest absolute Gasteiger partial charge is 0.508 e. The normalized spacial score (nSPS) is 10.1. The maximum atomic E-state index is 10.8. The lowest BCUT2D eigenvalue weighted by Crippen LogP contribution is -2.01. The van der Waals surface area contributed by atoms with Gasteiger partial charge in [-0.2, -0.15) is 11.3 Å². The zero-order valence-electron chi connectivity index (χ0n) is 8.79. The number of nitro groups is 1. The van der Waals surface area contributed by atoms with Gasteiger partial charge < -0.3 is 10.4 Å². The minimum absolute atomic E-state index is 0.113. The van der Waals surface area contributed by atoms with Crippen molar-refractivity contribution in [1.29, 1.82) is 0 Å². The van der Waals surface area contributed by atoms with Crippen molar-refractivity contribution in [2.24, 2.45) is 0 Å². The molecule has 0 amide bonds. The van der Waals surface area contributed by atoms with E-state index in [-0.39, 0.29) is 11.4 Å². The third-order valence-electron chi connectivity index (χ3n) is 2.24. The van der Waals surface area contributed by atoms with Gasteiger partial charge in [0.2, 0.25) is 0 Å².